The van der Waals surface area contributed by atoms with Crippen LogP contribution in [0.1, 0.15) is 16.1 Å². The van der Waals surface area contributed by atoms with Crippen LogP contribution in [0, 0.1) is 5.95 Å². The third kappa shape index (κ3) is 3.06. The van der Waals surface area contributed by atoms with Gasteiger partial charge in [-0.1, -0.05) is 0 Å². The first-order chi connectivity index (χ1) is 9.10. The van der Waals surface area contributed by atoms with Gasteiger partial charge in [0.2, 0.25) is 11.8 Å². The van der Waals surface area contributed by atoms with E-state index in [1.807, 2.05) is 0 Å². The van der Waals surface area contributed by atoms with Gasteiger partial charge in [0.05, 0.1) is 24.9 Å². The molecule has 2 rings (SSSR count). The molecule has 19 heavy (non-hydrogen) atoms. The fourth-order valence-electron chi connectivity index (χ4n) is 1.57. The van der Waals surface area contributed by atoms with Crippen molar-refractivity contribution in [3.63, 3.8) is 0 Å². The van der Waals surface area contributed by atoms with Crippen LogP contribution in [0.25, 0.3) is 0 Å². The van der Waals surface area contributed by atoms with Crippen molar-refractivity contribution in [1.29, 1.82) is 0 Å². The molecule has 0 saturated carbocycles. The predicted octanol–water partition coefficient (Wildman–Crippen LogP) is 0.893. The third-order valence-electron chi connectivity index (χ3n) is 2.52. The van der Waals surface area contributed by atoms with Crippen molar-refractivity contribution in [3.05, 3.63) is 41.6 Å². The second kappa shape index (κ2) is 5.47. The zero-order chi connectivity index (χ0) is 13.8. The number of pyridine rings is 1. The Morgan fingerprint density at radius 2 is 2.32 bits per heavy atom. The van der Waals surface area contributed by atoms with E-state index in [1.54, 1.807) is 24.9 Å². The summed E-state index contributed by atoms with van der Waals surface area (Å²) in [7, 11) is 3.29. The number of carbonyl (C=O) groups is 1. The smallest absolute Gasteiger partial charge is 0.253 e. The lowest BCUT2D eigenvalue weighted by Crippen LogP contribution is -2.23. The molecule has 100 valence electrons. The van der Waals surface area contributed by atoms with Gasteiger partial charge in [-0.25, -0.2) is 9.67 Å². The van der Waals surface area contributed by atoms with Gasteiger partial charge >= 0.3 is 0 Å². The molecule has 0 aliphatic carbocycles. The Morgan fingerprint density at radius 1 is 1.53 bits per heavy atom. The van der Waals surface area contributed by atoms with E-state index in [9.17, 15) is 9.18 Å². The molecule has 0 atom stereocenters. The van der Waals surface area contributed by atoms with Crippen LogP contribution in [-0.2, 0) is 13.6 Å². The fraction of sp³-hybridized carbons (Fsp3) is 0.250. The van der Waals surface area contributed by atoms with E-state index in [1.165, 1.54) is 12.3 Å². The molecule has 1 amide bonds. The first-order valence-electron chi connectivity index (χ1n) is 5.57. The number of hydrogen-bond donors (Lipinski definition) is 1. The summed E-state index contributed by atoms with van der Waals surface area (Å²) in [6, 6.07) is 4.23. The van der Waals surface area contributed by atoms with Crippen molar-refractivity contribution < 1.29 is 13.9 Å². The van der Waals surface area contributed by atoms with Crippen LogP contribution in [0.2, 0.25) is 0 Å². The maximum absolute atomic E-state index is 12.6. The molecule has 0 fully saturated rings. The van der Waals surface area contributed by atoms with Crippen LogP contribution in [0.15, 0.2) is 24.4 Å². The Bertz CT molecular complexity index is 580. The Labute approximate surface area is 109 Å². The number of aromatic nitrogens is 3. The largest absolute Gasteiger partial charge is 0.481 e. The summed E-state index contributed by atoms with van der Waals surface area (Å²) in [5.74, 6) is -0.351. The number of aryl methyl sites for hydroxylation is 1. The summed E-state index contributed by atoms with van der Waals surface area (Å²) in [6.07, 6.45) is 1.18. The summed E-state index contributed by atoms with van der Waals surface area (Å²) in [6.45, 7) is 0.257. The molecule has 0 spiro atoms. The highest BCUT2D eigenvalue weighted by Crippen LogP contribution is 2.10. The number of methoxy groups -OCH3 is 1. The van der Waals surface area contributed by atoms with Crippen molar-refractivity contribution in [2.75, 3.05) is 7.11 Å². The zero-order valence-corrected chi connectivity index (χ0v) is 10.6. The molecular formula is C12H13FN4O2. The lowest BCUT2D eigenvalue weighted by Gasteiger charge is -2.02. The Kier molecular flexibility index (Phi) is 3.74. The highest BCUT2D eigenvalue weighted by atomic mass is 19.1. The second-order valence-corrected chi connectivity index (χ2v) is 3.85. The van der Waals surface area contributed by atoms with Crippen molar-refractivity contribution in [1.82, 2.24) is 20.1 Å². The molecule has 2 aromatic heterocycles. The van der Waals surface area contributed by atoms with Crippen LogP contribution in [0.5, 0.6) is 5.88 Å². The van der Waals surface area contributed by atoms with Crippen molar-refractivity contribution >= 4 is 5.91 Å². The average Bonchev–Trinajstić information content (AvgIpc) is 2.77. The highest BCUT2D eigenvalue weighted by Gasteiger charge is 2.09. The van der Waals surface area contributed by atoms with E-state index in [0.29, 0.717) is 17.1 Å². The minimum atomic E-state index is -0.619. The average molecular weight is 264 g/mol. The van der Waals surface area contributed by atoms with E-state index >= 15 is 0 Å². The molecule has 0 aromatic carbocycles. The van der Waals surface area contributed by atoms with E-state index in [4.69, 9.17) is 4.74 Å². The van der Waals surface area contributed by atoms with Crippen LogP contribution >= 0.6 is 0 Å². The SMILES string of the molecule is COc1cc(CNC(=O)c2ccc(F)nc2)nn1C. The van der Waals surface area contributed by atoms with Gasteiger partial charge in [-0.2, -0.15) is 9.49 Å². The van der Waals surface area contributed by atoms with E-state index < -0.39 is 5.95 Å². The number of hydrogen-bond acceptors (Lipinski definition) is 4. The molecule has 6 nitrogen and oxygen atoms in total. The second-order valence-electron chi connectivity index (χ2n) is 3.85. The van der Waals surface area contributed by atoms with E-state index in [-0.39, 0.29) is 12.5 Å². The molecule has 7 heteroatoms. The maximum Gasteiger partial charge on any atom is 0.253 e. The van der Waals surface area contributed by atoms with Gasteiger partial charge in [-0.05, 0) is 12.1 Å². The van der Waals surface area contributed by atoms with E-state index in [2.05, 4.69) is 15.4 Å². The lowest BCUT2D eigenvalue weighted by atomic mass is 10.2. The molecule has 1 N–H and O–H groups in total. The zero-order valence-electron chi connectivity index (χ0n) is 10.6. The summed E-state index contributed by atoms with van der Waals surface area (Å²) >= 11 is 0. The Balaban J connectivity index is 1.98. The van der Waals surface area contributed by atoms with Gasteiger partial charge in [0.15, 0.2) is 0 Å². The monoisotopic (exact) mass is 264 g/mol. The number of nitrogens with one attached hydrogen (secondary N) is 1. The number of ether oxygens (including phenoxy) is 1. The summed E-state index contributed by atoms with van der Waals surface area (Å²) < 4.78 is 19.3. The summed E-state index contributed by atoms with van der Waals surface area (Å²) in [4.78, 5) is 15.2. The number of carbonyl (C=O) groups excluding carboxylic acids is 1. The highest BCUT2D eigenvalue weighted by molar-refractivity contribution is 5.93. The normalized spacial score (nSPS) is 10.3. The van der Waals surface area contributed by atoms with Gasteiger partial charge in [0.1, 0.15) is 0 Å². The van der Waals surface area contributed by atoms with Gasteiger partial charge in [-0.3, -0.25) is 4.79 Å². The fourth-order valence-corrected chi connectivity index (χ4v) is 1.57. The van der Waals surface area contributed by atoms with E-state index in [0.717, 1.165) is 6.07 Å². The standard InChI is InChI=1S/C12H13FN4O2/c1-17-11(19-2)5-9(16-17)7-15-12(18)8-3-4-10(13)14-6-8/h3-6H,7H2,1-2H3,(H,15,18). The molecule has 0 aliphatic heterocycles. The maximum atomic E-state index is 12.6. The van der Waals surface area contributed by atoms with Crippen molar-refractivity contribution in [3.8, 4) is 5.88 Å². The minimum absolute atomic E-state index is 0.257. The van der Waals surface area contributed by atoms with Gasteiger partial charge in [0.25, 0.3) is 5.91 Å². The first-order valence-corrected chi connectivity index (χ1v) is 5.57. The van der Waals surface area contributed by atoms with Crippen LogP contribution in [0.4, 0.5) is 4.39 Å². The molecular weight excluding hydrogens is 251 g/mol. The number of halogens is 1. The molecule has 0 unspecified atom stereocenters. The van der Waals surface area contributed by atoms with Gasteiger partial charge < -0.3 is 10.1 Å². The third-order valence-corrected chi connectivity index (χ3v) is 2.52. The quantitative estimate of drug-likeness (QED) is 0.833. The molecule has 0 saturated heterocycles. The molecule has 2 aromatic rings. The van der Waals surface area contributed by atoms with Crippen LogP contribution < -0.4 is 10.1 Å². The number of amides is 1. The van der Waals surface area contributed by atoms with Gasteiger partial charge in [0, 0.05) is 19.3 Å². The molecule has 0 bridgehead atoms. The predicted molar refractivity (Wildman–Crippen MR) is 65.1 cm³/mol. The Hall–Kier alpha value is -2.44. The topological polar surface area (TPSA) is 69.0 Å². The lowest BCUT2D eigenvalue weighted by molar-refractivity contribution is 0.0950. The Morgan fingerprint density at radius 3 is 2.89 bits per heavy atom. The number of rotatable bonds is 4. The minimum Gasteiger partial charge on any atom is -0.481 e. The first kappa shape index (κ1) is 13.0. The number of nitrogens with zero attached hydrogens (tertiary/aromatic N) is 3. The van der Waals surface area contributed by atoms with Crippen LogP contribution in [-0.4, -0.2) is 27.8 Å². The summed E-state index contributed by atoms with van der Waals surface area (Å²) in [5, 5.41) is 6.83. The van der Waals surface area contributed by atoms with Crippen LogP contribution in [0.3, 0.4) is 0 Å². The van der Waals surface area contributed by atoms with Crippen molar-refractivity contribution in [2.24, 2.45) is 7.05 Å². The molecule has 0 aliphatic rings. The van der Waals surface area contributed by atoms with Crippen molar-refractivity contribution in [2.45, 2.75) is 6.54 Å². The van der Waals surface area contributed by atoms with Gasteiger partial charge in [-0.15, -0.1) is 0 Å². The molecule has 0 radical (unpaired) electrons. The molecule has 2 heterocycles. The summed E-state index contributed by atoms with van der Waals surface area (Å²) in [5.41, 5.74) is 0.965.